The van der Waals surface area contributed by atoms with Crippen molar-refractivity contribution in [1.29, 1.82) is 0 Å². The Morgan fingerprint density at radius 3 is 0.882 bits per heavy atom. The summed E-state index contributed by atoms with van der Waals surface area (Å²) in [6.45, 7) is 17.5. The van der Waals surface area contributed by atoms with Crippen LogP contribution >= 0.6 is 0 Å². The van der Waals surface area contributed by atoms with Crippen LogP contribution in [0, 0.1) is 39.5 Å². The molecule has 0 saturated carbocycles. The Labute approximate surface area is 123 Å². The first-order chi connectivity index (χ1) is 7.46. The molecule has 6 radical (unpaired) electrons. The van der Waals surface area contributed by atoms with Crippen molar-refractivity contribution in [3.63, 3.8) is 0 Å². The van der Waals surface area contributed by atoms with E-state index in [9.17, 15) is 0 Å². The van der Waals surface area contributed by atoms with Gasteiger partial charge in [0.05, 0.1) is 0 Å². The van der Waals surface area contributed by atoms with Gasteiger partial charge in [-0.25, -0.2) is 0 Å². The van der Waals surface area contributed by atoms with Crippen LogP contribution in [0.2, 0.25) is 0 Å². The molecule has 0 saturated heterocycles. The van der Waals surface area contributed by atoms with Crippen molar-refractivity contribution in [2.75, 3.05) is 0 Å². The predicted molar refractivity (Wildman–Crippen MR) is 76.0 cm³/mol. The molecule has 1 heteroatoms. The van der Waals surface area contributed by atoms with Gasteiger partial charge in [0.2, 0.25) is 0 Å². The Hall–Kier alpha value is 0.103. The molecule has 0 nitrogen and oxygen atoms in total. The first kappa shape index (κ1) is 22.3. The van der Waals surface area contributed by atoms with Crippen LogP contribution < -0.4 is 0 Å². The zero-order valence-corrected chi connectivity index (χ0v) is 13.1. The van der Waals surface area contributed by atoms with Crippen LogP contribution in [-0.4, -0.2) is 0 Å². The molecular formula is C16H26Ru+2. The zero-order chi connectivity index (χ0) is 12.8. The molecular weight excluding hydrogens is 293 g/mol. The Kier molecular flexibility index (Phi) is 24.2. The van der Waals surface area contributed by atoms with E-state index in [0.29, 0.717) is 0 Å². The van der Waals surface area contributed by atoms with Crippen molar-refractivity contribution in [3.8, 4) is 0 Å². The number of hydrogen-bond donors (Lipinski definition) is 0. The SMILES string of the molecule is C1=C\CC/C=C\CC/1.[CH2][C]([CH2])C.[CH2][C]([CH2])C.[Ru+2]. The molecule has 1 aliphatic carbocycles. The fourth-order valence-electron chi connectivity index (χ4n) is 0.856. The normalized spacial score (nSPS) is 17.4. The molecule has 0 unspecified atom stereocenters. The summed E-state index contributed by atoms with van der Waals surface area (Å²) in [5.41, 5.74) is 0. The average Bonchev–Trinajstić information content (AvgIpc) is 1.98. The predicted octanol–water partition coefficient (Wildman–Crippen LogP) is 5.17. The topological polar surface area (TPSA) is 0 Å². The maximum atomic E-state index is 3.44. The van der Waals surface area contributed by atoms with Gasteiger partial charge in [-0.15, -0.1) is 0 Å². The van der Waals surface area contributed by atoms with Crippen molar-refractivity contribution < 1.29 is 19.5 Å². The molecule has 0 amide bonds. The molecule has 0 aromatic carbocycles. The van der Waals surface area contributed by atoms with Gasteiger partial charge in [-0.05, 0) is 65.2 Å². The van der Waals surface area contributed by atoms with Gasteiger partial charge >= 0.3 is 19.5 Å². The van der Waals surface area contributed by atoms with Crippen molar-refractivity contribution >= 4 is 0 Å². The minimum atomic E-state index is 0. The fourth-order valence-corrected chi connectivity index (χ4v) is 0.856. The Balaban J connectivity index is -0.000000189. The summed E-state index contributed by atoms with van der Waals surface area (Å²) >= 11 is 0. The van der Waals surface area contributed by atoms with Crippen LogP contribution in [-0.2, 0) is 19.5 Å². The molecule has 0 fully saturated rings. The van der Waals surface area contributed by atoms with E-state index in [1.165, 1.54) is 25.7 Å². The van der Waals surface area contributed by atoms with E-state index in [1.54, 1.807) is 0 Å². The summed E-state index contributed by atoms with van der Waals surface area (Å²) in [7, 11) is 0. The number of hydrogen-bond acceptors (Lipinski definition) is 0. The van der Waals surface area contributed by atoms with E-state index in [0.717, 1.165) is 11.8 Å². The molecule has 0 heterocycles. The molecule has 0 spiro atoms. The van der Waals surface area contributed by atoms with Gasteiger partial charge in [-0.1, -0.05) is 38.2 Å². The summed E-state index contributed by atoms with van der Waals surface area (Å²) < 4.78 is 0. The molecule has 17 heavy (non-hydrogen) atoms. The summed E-state index contributed by atoms with van der Waals surface area (Å²) in [6.07, 6.45) is 14.0. The van der Waals surface area contributed by atoms with Gasteiger partial charge < -0.3 is 0 Å². The summed E-state index contributed by atoms with van der Waals surface area (Å²) in [6, 6.07) is 0. The van der Waals surface area contributed by atoms with E-state index in [2.05, 4.69) is 52.0 Å². The van der Waals surface area contributed by atoms with Crippen molar-refractivity contribution in [3.05, 3.63) is 63.8 Å². The summed E-state index contributed by atoms with van der Waals surface area (Å²) in [5, 5.41) is 0. The second-order valence-electron chi connectivity index (χ2n) is 4.01. The van der Waals surface area contributed by atoms with Crippen LogP contribution in [0.3, 0.4) is 0 Å². The number of rotatable bonds is 0. The maximum absolute atomic E-state index is 3.44. The second kappa shape index (κ2) is 18.5. The molecule has 0 aliphatic heterocycles. The third kappa shape index (κ3) is 48.8. The van der Waals surface area contributed by atoms with Gasteiger partial charge in [0, 0.05) is 0 Å². The van der Waals surface area contributed by atoms with E-state index in [-0.39, 0.29) is 19.5 Å². The van der Waals surface area contributed by atoms with Crippen molar-refractivity contribution in [1.82, 2.24) is 0 Å². The molecule has 1 aliphatic rings. The van der Waals surface area contributed by atoms with Gasteiger partial charge in [-0.3, -0.25) is 0 Å². The molecule has 0 aromatic rings. The molecule has 1 rings (SSSR count). The van der Waals surface area contributed by atoms with Crippen LogP contribution in [0.4, 0.5) is 0 Å². The fraction of sp³-hybridized carbons (Fsp3) is 0.375. The Bertz CT molecular complexity index is 129. The third-order valence-corrected chi connectivity index (χ3v) is 1.33. The first-order valence-electron chi connectivity index (χ1n) is 5.71. The largest absolute Gasteiger partial charge is 2.00 e. The van der Waals surface area contributed by atoms with E-state index in [4.69, 9.17) is 0 Å². The maximum Gasteiger partial charge on any atom is 2.00 e. The van der Waals surface area contributed by atoms with E-state index >= 15 is 0 Å². The minimum absolute atomic E-state index is 0. The van der Waals surface area contributed by atoms with Crippen LogP contribution in [0.25, 0.3) is 0 Å². The molecule has 96 valence electrons. The standard InChI is InChI=1S/C8H12.2C4H7.Ru/c1-2-4-6-8-7-5-3-1;2*1-4(2)3;/h1-2,7-8H,3-6H2;2*1-2H2,3H3;/q;;;+2/b2-1-,8-7-;;;. The Morgan fingerprint density at radius 2 is 0.765 bits per heavy atom. The second-order valence-corrected chi connectivity index (χ2v) is 4.01. The van der Waals surface area contributed by atoms with Crippen LogP contribution in [0.15, 0.2) is 24.3 Å². The third-order valence-electron chi connectivity index (χ3n) is 1.33. The average molecular weight is 319 g/mol. The summed E-state index contributed by atoms with van der Waals surface area (Å²) in [4.78, 5) is 0. The molecule has 0 aromatic heterocycles. The molecule has 0 atom stereocenters. The van der Waals surface area contributed by atoms with Crippen molar-refractivity contribution in [2.24, 2.45) is 0 Å². The smallest absolute Gasteiger partial charge is 0.0882 e. The van der Waals surface area contributed by atoms with Gasteiger partial charge in [0.15, 0.2) is 0 Å². The molecule has 0 N–H and O–H groups in total. The van der Waals surface area contributed by atoms with E-state index < -0.39 is 0 Å². The number of allylic oxidation sites excluding steroid dienone is 4. The van der Waals surface area contributed by atoms with Gasteiger partial charge in [0.1, 0.15) is 0 Å². The quantitative estimate of drug-likeness (QED) is 0.427. The van der Waals surface area contributed by atoms with E-state index in [1.807, 2.05) is 13.8 Å². The van der Waals surface area contributed by atoms with Gasteiger partial charge in [-0.2, -0.15) is 0 Å². The Morgan fingerprint density at radius 1 is 0.647 bits per heavy atom. The van der Waals surface area contributed by atoms with Crippen LogP contribution in [0.1, 0.15) is 39.5 Å². The molecule has 0 bridgehead atoms. The van der Waals surface area contributed by atoms with Crippen molar-refractivity contribution in [2.45, 2.75) is 39.5 Å². The zero-order valence-electron chi connectivity index (χ0n) is 11.3. The summed E-state index contributed by atoms with van der Waals surface area (Å²) in [5.74, 6) is 1.83. The van der Waals surface area contributed by atoms with Gasteiger partial charge in [0.25, 0.3) is 0 Å². The first-order valence-corrected chi connectivity index (χ1v) is 5.71. The monoisotopic (exact) mass is 320 g/mol. The minimum Gasteiger partial charge on any atom is -0.0882 e. The van der Waals surface area contributed by atoms with Crippen LogP contribution in [0.5, 0.6) is 0 Å².